The average molecular weight is 240 g/mol. The van der Waals surface area contributed by atoms with E-state index in [-0.39, 0.29) is 11.6 Å². The van der Waals surface area contributed by atoms with Gasteiger partial charge in [0.05, 0.1) is 5.41 Å². The second-order valence-electron chi connectivity index (χ2n) is 4.68. The summed E-state index contributed by atoms with van der Waals surface area (Å²) in [5, 5.41) is 0. The lowest BCUT2D eigenvalue weighted by Crippen LogP contribution is -2.34. The van der Waals surface area contributed by atoms with Gasteiger partial charge in [-0.3, -0.25) is 9.59 Å². The summed E-state index contributed by atoms with van der Waals surface area (Å²) in [6.45, 7) is 3.13. The molecular formula is C16H16O2. The third-order valence-electron chi connectivity index (χ3n) is 3.52. The predicted octanol–water partition coefficient (Wildman–Crippen LogP) is 2.99. The van der Waals surface area contributed by atoms with Gasteiger partial charge >= 0.3 is 0 Å². The van der Waals surface area contributed by atoms with Crippen molar-refractivity contribution in [2.75, 3.05) is 0 Å². The predicted molar refractivity (Wildman–Crippen MR) is 71.3 cm³/mol. The highest BCUT2D eigenvalue weighted by atomic mass is 16.1. The molecule has 0 N–H and O–H groups in total. The summed E-state index contributed by atoms with van der Waals surface area (Å²) in [5.41, 5.74) is 0.967. The maximum atomic E-state index is 12.1. The Balaban J connectivity index is 2.49. The number of hydrogen-bond donors (Lipinski definition) is 0. The van der Waals surface area contributed by atoms with Crippen molar-refractivity contribution in [1.29, 1.82) is 0 Å². The number of carbonyl (C=O) groups excluding carboxylic acids is 2. The first kappa shape index (κ1) is 12.5. The van der Waals surface area contributed by atoms with E-state index in [1.54, 1.807) is 19.9 Å². The molecule has 2 heteroatoms. The van der Waals surface area contributed by atoms with Gasteiger partial charge in [-0.05, 0) is 31.4 Å². The highest BCUT2D eigenvalue weighted by molar-refractivity contribution is 5.98. The van der Waals surface area contributed by atoms with Gasteiger partial charge in [0.25, 0.3) is 0 Å². The third-order valence-corrected chi connectivity index (χ3v) is 3.52. The molecule has 0 aliphatic heterocycles. The third kappa shape index (κ3) is 2.06. The van der Waals surface area contributed by atoms with Crippen LogP contribution in [0.1, 0.15) is 25.8 Å². The highest BCUT2D eigenvalue weighted by Crippen LogP contribution is 2.36. The first-order valence-electron chi connectivity index (χ1n) is 6.02. The topological polar surface area (TPSA) is 34.1 Å². The molecule has 0 bridgehead atoms. The van der Waals surface area contributed by atoms with E-state index in [1.165, 1.54) is 0 Å². The lowest BCUT2D eigenvalue weighted by molar-refractivity contribution is -0.121. The second kappa shape index (κ2) is 4.73. The van der Waals surface area contributed by atoms with E-state index in [1.807, 2.05) is 42.5 Å². The molecule has 0 radical (unpaired) electrons. The van der Waals surface area contributed by atoms with Crippen molar-refractivity contribution in [3.63, 3.8) is 0 Å². The van der Waals surface area contributed by atoms with Gasteiger partial charge in [0, 0.05) is 0 Å². The molecule has 1 aromatic carbocycles. The molecule has 0 saturated carbocycles. The van der Waals surface area contributed by atoms with Crippen molar-refractivity contribution < 1.29 is 9.59 Å². The molecular weight excluding hydrogens is 224 g/mol. The second-order valence-corrected chi connectivity index (χ2v) is 4.68. The van der Waals surface area contributed by atoms with E-state index in [0.29, 0.717) is 12.0 Å². The molecule has 1 aliphatic carbocycles. The Hall–Kier alpha value is -1.96. The normalized spacial score (nSPS) is 22.4. The first-order valence-corrected chi connectivity index (χ1v) is 6.02. The van der Waals surface area contributed by atoms with E-state index in [9.17, 15) is 9.59 Å². The Morgan fingerprint density at radius 2 is 1.78 bits per heavy atom. The summed E-state index contributed by atoms with van der Waals surface area (Å²) in [6, 6.07) is 9.63. The lowest BCUT2D eigenvalue weighted by atomic mass is 9.70. The zero-order chi connectivity index (χ0) is 13.2. The van der Waals surface area contributed by atoms with Gasteiger partial charge in [-0.25, -0.2) is 0 Å². The van der Waals surface area contributed by atoms with Gasteiger partial charge in [-0.15, -0.1) is 0 Å². The minimum absolute atomic E-state index is 0.0286. The fourth-order valence-corrected chi connectivity index (χ4v) is 2.37. The van der Waals surface area contributed by atoms with Crippen LogP contribution in [0.25, 0.3) is 0 Å². The number of rotatable bonds is 3. The van der Waals surface area contributed by atoms with Gasteiger partial charge in [0.2, 0.25) is 0 Å². The van der Waals surface area contributed by atoms with Crippen LogP contribution >= 0.6 is 0 Å². The molecule has 0 heterocycles. The van der Waals surface area contributed by atoms with Crippen LogP contribution in [0.15, 0.2) is 54.1 Å². The zero-order valence-corrected chi connectivity index (χ0v) is 10.6. The van der Waals surface area contributed by atoms with Crippen molar-refractivity contribution in [1.82, 2.24) is 0 Å². The largest absolute Gasteiger partial charge is 0.299 e. The van der Waals surface area contributed by atoms with Gasteiger partial charge in [-0.1, -0.05) is 48.6 Å². The lowest BCUT2D eigenvalue weighted by Gasteiger charge is -2.31. The fraction of sp³-hybridized carbons (Fsp3) is 0.250. The number of ketones is 2. The molecule has 92 valence electrons. The average Bonchev–Trinajstić information content (AvgIpc) is 2.39. The highest BCUT2D eigenvalue weighted by Gasteiger charge is 2.37. The Labute approximate surface area is 107 Å². The summed E-state index contributed by atoms with van der Waals surface area (Å²) in [6.07, 6.45) is 5.97. The van der Waals surface area contributed by atoms with E-state index in [4.69, 9.17) is 0 Å². The maximum Gasteiger partial charge on any atom is 0.155 e. The number of allylic oxidation sites excluding steroid dienone is 4. The zero-order valence-electron chi connectivity index (χ0n) is 10.6. The number of carbonyl (C=O) groups is 2. The molecule has 1 aliphatic rings. The molecule has 0 fully saturated rings. The fourth-order valence-electron chi connectivity index (χ4n) is 2.37. The Morgan fingerprint density at radius 1 is 1.11 bits per heavy atom. The van der Waals surface area contributed by atoms with Crippen LogP contribution in [0, 0.1) is 0 Å². The van der Waals surface area contributed by atoms with Crippen LogP contribution in [0.5, 0.6) is 0 Å². The van der Waals surface area contributed by atoms with Crippen molar-refractivity contribution >= 4 is 11.6 Å². The Morgan fingerprint density at radius 3 is 2.33 bits per heavy atom. The van der Waals surface area contributed by atoms with Crippen molar-refractivity contribution in [2.45, 2.75) is 25.7 Å². The van der Waals surface area contributed by atoms with Crippen LogP contribution < -0.4 is 0 Å². The summed E-state index contributed by atoms with van der Waals surface area (Å²) in [5.74, 6) is 0.0951. The molecule has 0 saturated heterocycles. The van der Waals surface area contributed by atoms with Crippen LogP contribution in [-0.4, -0.2) is 11.6 Å². The van der Waals surface area contributed by atoms with Crippen LogP contribution in [-0.2, 0) is 15.0 Å². The monoisotopic (exact) mass is 240 g/mol. The van der Waals surface area contributed by atoms with Gasteiger partial charge in [0.1, 0.15) is 5.78 Å². The van der Waals surface area contributed by atoms with Crippen molar-refractivity contribution in [3.05, 3.63) is 59.7 Å². The van der Waals surface area contributed by atoms with E-state index in [2.05, 4.69) is 0 Å². The maximum absolute atomic E-state index is 12.1. The van der Waals surface area contributed by atoms with Crippen LogP contribution in [0.2, 0.25) is 0 Å². The number of benzene rings is 1. The van der Waals surface area contributed by atoms with Crippen molar-refractivity contribution in [3.8, 4) is 0 Å². The molecule has 1 unspecified atom stereocenters. The first-order chi connectivity index (χ1) is 8.56. The molecule has 0 spiro atoms. The minimum atomic E-state index is -0.684. The molecule has 0 amide bonds. The van der Waals surface area contributed by atoms with E-state index in [0.717, 1.165) is 5.56 Å². The summed E-state index contributed by atoms with van der Waals surface area (Å²) in [7, 11) is 0. The minimum Gasteiger partial charge on any atom is -0.299 e. The van der Waals surface area contributed by atoms with Gasteiger partial charge < -0.3 is 0 Å². The van der Waals surface area contributed by atoms with Gasteiger partial charge in [0.15, 0.2) is 5.78 Å². The SMILES string of the molecule is CC(=O)C1=CC=CC(C(C)=O)(c2ccccc2)C1. The molecule has 18 heavy (non-hydrogen) atoms. The van der Waals surface area contributed by atoms with Crippen LogP contribution in [0.4, 0.5) is 0 Å². The van der Waals surface area contributed by atoms with Gasteiger partial charge in [-0.2, -0.15) is 0 Å². The molecule has 1 aromatic rings. The van der Waals surface area contributed by atoms with E-state index < -0.39 is 5.41 Å². The quantitative estimate of drug-likeness (QED) is 0.814. The number of Topliss-reactive ketones (excluding diaryl/α,β-unsaturated/α-hetero) is 2. The summed E-state index contributed by atoms with van der Waals surface area (Å²) in [4.78, 5) is 23.6. The standard InChI is InChI=1S/C16H16O2/c1-12(17)14-7-6-10-16(11-14,13(2)18)15-8-4-3-5-9-15/h3-10H,11H2,1-2H3. The summed E-state index contributed by atoms with van der Waals surface area (Å²) >= 11 is 0. The number of hydrogen-bond acceptors (Lipinski definition) is 2. The Kier molecular flexibility index (Phi) is 3.28. The van der Waals surface area contributed by atoms with E-state index >= 15 is 0 Å². The molecule has 1 atom stereocenters. The van der Waals surface area contributed by atoms with Crippen LogP contribution in [0.3, 0.4) is 0 Å². The molecule has 2 rings (SSSR count). The Bertz CT molecular complexity index is 537. The van der Waals surface area contributed by atoms with Crippen molar-refractivity contribution in [2.24, 2.45) is 0 Å². The smallest absolute Gasteiger partial charge is 0.155 e. The molecule has 0 aromatic heterocycles. The summed E-state index contributed by atoms with van der Waals surface area (Å²) < 4.78 is 0. The molecule has 2 nitrogen and oxygen atoms in total.